The molecule has 2 saturated heterocycles. The number of carbonyl (C=O) groups is 6. The van der Waals surface area contributed by atoms with Crippen LogP contribution in [0.15, 0.2) is 36.8 Å². The van der Waals surface area contributed by atoms with Crippen LogP contribution >= 0.6 is 0 Å². The smallest absolute Gasteiger partial charge is 0.339 e. The van der Waals surface area contributed by atoms with E-state index in [0.717, 1.165) is 39.9 Å². The normalized spacial score (nSPS) is 23.1. The van der Waals surface area contributed by atoms with Crippen LogP contribution in [0.3, 0.4) is 0 Å². The molecule has 0 N–H and O–H groups in total. The number of hydrogen-bond acceptors (Lipinski definition) is 16. The lowest BCUT2D eigenvalue weighted by atomic mass is 9.92. The lowest BCUT2D eigenvalue weighted by Gasteiger charge is -2.43. The number of aromatic nitrogens is 3. The number of anilines is 2. The highest BCUT2D eigenvalue weighted by atomic mass is 16.7. The second-order valence-electron chi connectivity index (χ2n) is 13.8. The molecule has 19 heteroatoms. The van der Waals surface area contributed by atoms with Crippen molar-refractivity contribution in [1.82, 2.24) is 19.4 Å². The van der Waals surface area contributed by atoms with Gasteiger partial charge in [-0.05, 0) is 43.0 Å². The highest BCUT2D eigenvalue weighted by Gasteiger charge is 2.56. The van der Waals surface area contributed by atoms with Gasteiger partial charge in [-0.3, -0.25) is 28.6 Å². The summed E-state index contributed by atoms with van der Waals surface area (Å²) in [5.41, 5.74) is 1.25. The molecule has 57 heavy (non-hydrogen) atoms. The lowest BCUT2D eigenvalue weighted by molar-refractivity contribution is -0.282. The first-order valence-electron chi connectivity index (χ1n) is 18.1. The number of rotatable bonds is 10. The van der Waals surface area contributed by atoms with Crippen molar-refractivity contribution >= 4 is 58.4 Å². The molecule has 0 aliphatic carbocycles. The largest absolute Gasteiger partial charge is 0.467 e. The van der Waals surface area contributed by atoms with E-state index < -0.39 is 60.6 Å². The van der Waals surface area contributed by atoms with E-state index in [0.29, 0.717) is 29.9 Å². The van der Waals surface area contributed by atoms with E-state index in [9.17, 15) is 28.8 Å². The Morgan fingerprint density at radius 1 is 0.965 bits per heavy atom. The van der Waals surface area contributed by atoms with Crippen molar-refractivity contribution in [2.45, 2.75) is 84.2 Å². The zero-order valence-corrected chi connectivity index (χ0v) is 32.9. The fraction of sp³-hybridized carbons (Fsp3) is 0.500. The van der Waals surface area contributed by atoms with E-state index in [1.807, 2.05) is 18.0 Å². The number of likely N-dealkylation sites (N-methyl/N-ethyl adjacent to an activating group) is 1. The molecule has 19 nitrogen and oxygen atoms in total. The molecule has 4 heterocycles. The SMILES string of the molecule is COC(=O)[C@H]1O[C@@H](Oc2ccc(C)cc2N(C)C(=O)n2ccc3c(N(C)[C@H]4CN(C(=O)CC#N)CC[C@H]4C)ncnc32)[C@H](OC(C)=O)[C@@H](OC(C)=O)[C@@H]1OC(C)=O. The van der Waals surface area contributed by atoms with Gasteiger partial charge < -0.3 is 38.2 Å². The summed E-state index contributed by atoms with van der Waals surface area (Å²) >= 11 is 0. The first-order chi connectivity index (χ1) is 27.1. The predicted molar refractivity (Wildman–Crippen MR) is 199 cm³/mol. The van der Waals surface area contributed by atoms with E-state index in [2.05, 4.69) is 16.9 Å². The van der Waals surface area contributed by atoms with Crippen LogP contribution in [-0.2, 0) is 47.7 Å². The maximum absolute atomic E-state index is 14.3. The van der Waals surface area contributed by atoms with Gasteiger partial charge in [0.15, 0.2) is 24.0 Å². The predicted octanol–water partition coefficient (Wildman–Crippen LogP) is 2.50. The number of nitrogens with zero attached hydrogens (tertiary/aromatic N) is 7. The number of aryl methyl sites for hydroxylation is 1. The van der Waals surface area contributed by atoms with Gasteiger partial charge in [0, 0.05) is 54.2 Å². The van der Waals surface area contributed by atoms with Crippen LogP contribution in [-0.4, -0.2) is 126 Å². The quantitative estimate of drug-likeness (QED) is 0.213. The summed E-state index contributed by atoms with van der Waals surface area (Å²) in [6, 6.07) is 7.83. The number of piperidine rings is 1. The minimum atomic E-state index is -1.69. The molecule has 0 bridgehead atoms. The Morgan fingerprint density at radius 2 is 1.63 bits per heavy atom. The van der Waals surface area contributed by atoms with E-state index in [4.69, 9.17) is 33.7 Å². The molecule has 2 fully saturated rings. The molecule has 0 radical (unpaired) electrons. The molecular weight excluding hydrogens is 746 g/mol. The maximum Gasteiger partial charge on any atom is 0.339 e. The van der Waals surface area contributed by atoms with Gasteiger partial charge in [-0.2, -0.15) is 5.26 Å². The van der Waals surface area contributed by atoms with E-state index >= 15 is 0 Å². The van der Waals surface area contributed by atoms with Crippen molar-refractivity contribution in [3.63, 3.8) is 0 Å². The number of benzene rings is 1. The van der Waals surface area contributed by atoms with Crippen molar-refractivity contribution in [3.05, 3.63) is 42.4 Å². The third kappa shape index (κ3) is 9.07. The second-order valence-corrected chi connectivity index (χ2v) is 13.8. The Bertz CT molecular complexity index is 2080. The van der Waals surface area contributed by atoms with E-state index in [1.165, 1.54) is 28.9 Å². The summed E-state index contributed by atoms with van der Waals surface area (Å²) in [5, 5.41) is 9.64. The number of ether oxygens (including phenoxy) is 6. The first kappa shape index (κ1) is 41.9. The average molecular weight is 792 g/mol. The van der Waals surface area contributed by atoms with Crippen LogP contribution in [0.5, 0.6) is 5.75 Å². The summed E-state index contributed by atoms with van der Waals surface area (Å²) in [6.07, 6.45) is -4.66. The van der Waals surface area contributed by atoms with Crippen molar-refractivity contribution in [3.8, 4) is 11.8 Å². The number of likely N-dealkylation sites (tertiary alicyclic amines) is 1. The van der Waals surface area contributed by atoms with Crippen molar-refractivity contribution in [2.75, 3.05) is 44.1 Å². The van der Waals surface area contributed by atoms with Gasteiger partial charge in [0.1, 0.15) is 24.3 Å². The second kappa shape index (κ2) is 17.7. The minimum Gasteiger partial charge on any atom is -0.467 e. The zero-order valence-electron chi connectivity index (χ0n) is 32.9. The van der Waals surface area contributed by atoms with Crippen molar-refractivity contribution < 1.29 is 57.2 Å². The zero-order chi connectivity index (χ0) is 41.7. The molecular formula is C38H45N7O12. The molecule has 304 valence electrons. The van der Waals surface area contributed by atoms with Gasteiger partial charge in [0.05, 0.1) is 30.3 Å². The van der Waals surface area contributed by atoms with Gasteiger partial charge in [-0.25, -0.2) is 19.6 Å². The molecule has 2 aromatic heterocycles. The van der Waals surface area contributed by atoms with Gasteiger partial charge in [-0.15, -0.1) is 0 Å². The Morgan fingerprint density at radius 3 is 2.28 bits per heavy atom. The molecule has 0 saturated carbocycles. The number of amides is 2. The molecule has 0 unspecified atom stereocenters. The van der Waals surface area contributed by atoms with Gasteiger partial charge >= 0.3 is 29.9 Å². The highest BCUT2D eigenvalue weighted by molar-refractivity contribution is 6.01. The van der Waals surface area contributed by atoms with Crippen molar-refractivity contribution in [2.24, 2.45) is 5.92 Å². The van der Waals surface area contributed by atoms with Crippen LogP contribution in [0.2, 0.25) is 0 Å². The van der Waals surface area contributed by atoms with E-state index in [1.54, 1.807) is 36.2 Å². The first-order valence-corrected chi connectivity index (χ1v) is 18.1. The monoisotopic (exact) mass is 791 g/mol. The van der Waals surface area contributed by atoms with E-state index in [-0.39, 0.29) is 35.7 Å². The molecule has 1 aromatic carbocycles. The van der Waals surface area contributed by atoms with Gasteiger partial charge in [0.2, 0.25) is 18.3 Å². The number of methoxy groups -OCH3 is 1. The number of hydrogen-bond donors (Lipinski definition) is 0. The highest BCUT2D eigenvalue weighted by Crippen LogP contribution is 2.36. The fourth-order valence-electron chi connectivity index (χ4n) is 7.04. The Balaban J connectivity index is 1.48. The Hall–Kier alpha value is -6.29. The number of carbonyl (C=O) groups excluding carboxylic acids is 6. The fourth-order valence-corrected chi connectivity index (χ4v) is 7.04. The summed E-state index contributed by atoms with van der Waals surface area (Å²) in [4.78, 5) is 90.5. The number of nitriles is 1. The third-order valence-electron chi connectivity index (χ3n) is 9.84. The summed E-state index contributed by atoms with van der Waals surface area (Å²) in [6.45, 7) is 8.08. The van der Waals surface area contributed by atoms with Crippen LogP contribution in [0.4, 0.5) is 16.3 Å². The number of esters is 4. The lowest BCUT2D eigenvalue weighted by Crippen LogP contribution is -2.64. The van der Waals surface area contributed by atoms with Crippen molar-refractivity contribution in [1.29, 1.82) is 5.26 Å². The standard InChI is InChI=1S/C38H45N7O12/c1-20-9-10-28(56-37-33(55-24(5)48)31(54-23(4)47)30(53-22(3)46)32(57-37)36(50)52-8)26(17-20)43(7)38(51)45-16-13-25-34(40-19-41-35(25)45)42(6)27-18-44(15-12-21(27)2)29(49)11-14-39/h9-10,13,16-17,19,21,27,30-33,37H,11-12,15,18H2,1-8H3/t21-,27+,30+,31+,32+,33-,37-/m1/s1. The molecule has 7 atom stereocenters. The molecule has 0 spiro atoms. The molecule has 2 amide bonds. The third-order valence-corrected chi connectivity index (χ3v) is 9.84. The Labute approximate surface area is 328 Å². The topological polar surface area (TPSA) is 222 Å². The molecule has 5 rings (SSSR count). The Kier molecular flexibility index (Phi) is 13.0. The van der Waals surface area contributed by atoms with Gasteiger partial charge in [0.25, 0.3) is 0 Å². The summed E-state index contributed by atoms with van der Waals surface area (Å²) < 4.78 is 34.7. The van der Waals surface area contributed by atoms with Crippen LogP contribution in [0.25, 0.3) is 11.0 Å². The van der Waals surface area contributed by atoms with Crippen LogP contribution in [0, 0.1) is 24.2 Å². The van der Waals surface area contributed by atoms with Crippen LogP contribution < -0.4 is 14.5 Å². The molecule has 3 aromatic rings. The maximum atomic E-state index is 14.3. The van der Waals surface area contributed by atoms with Crippen LogP contribution in [0.1, 0.15) is 46.1 Å². The molecule has 2 aliphatic rings. The van der Waals surface area contributed by atoms with Gasteiger partial charge in [-0.1, -0.05) is 13.0 Å². The average Bonchev–Trinajstić information content (AvgIpc) is 3.60. The minimum absolute atomic E-state index is 0.0306. The summed E-state index contributed by atoms with van der Waals surface area (Å²) in [5.74, 6) is -3.00. The number of fused-ring (bicyclic) bond motifs is 1. The molecule has 2 aliphatic heterocycles. The summed E-state index contributed by atoms with van der Waals surface area (Å²) in [7, 11) is 4.44.